The van der Waals surface area contributed by atoms with Crippen LogP contribution in [0.5, 0.6) is 0 Å². The van der Waals surface area contributed by atoms with Crippen LogP contribution in [0.3, 0.4) is 0 Å². The maximum absolute atomic E-state index is 5.88. The minimum absolute atomic E-state index is 0.280. The van der Waals surface area contributed by atoms with Crippen molar-refractivity contribution in [3.8, 4) is 0 Å². The summed E-state index contributed by atoms with van der Waals surface area (Å²) in [6, 6.07) is 7.66. The zero-order valence-corrected chi connectivity index (χ0v) is 12.3. The molecule has 1 heterocycles. The Balaban J connectivity index is 2.36. The van der Waals surface area contributed by atoms with Crippen LogP contribution >= 0.6 is 23.4 Å². The highest BCUT2D eigenvalue weighted by atomic mass is 35.5. The van der Waals surface area contributed by atoms with Gasteiger partial charge in [0.05, 0.1) is 0 Å². The second-order valence-corrected chi connectivity index (χ2v) is 5.79. The molecule has 4 nitrogen and oxygen atoms in total. The fourth-order valence-corrected chi connectivity index (χ4v) is 2.87. The van der Waals surface area contributed by atoms with Gasteiger partial charge in [-0.2, -0.15) is 0 Å². The summed E-state index contributed by atoms with van der Waals surface area (Å²) in [6.45, 7) is 4.18. The van der Waals surface area contributed by atoms with Crippen LogP contribution in [-0.4, -0.2) is 9.97 Å². The zero-order chi connectivity index (χ0) is 13.8. The molecule has 0 fully saturated rings. The highest BCUT2D eigenvalue weighted by molar-refractivity contribution is 7.99. The third-order valence-electron chi connectivity index (χ3n) is 2.59. The molecule has 0 saturated carbocycles. The van der Waals surface area contributed by atoms with Gasteiger partial charge in [-0.1, -0.05) is 37.2 Å². The Morgan fingerprint density at radius 3 is 2.47 bits per heavy atom. The Morgan fingerprint density at radius 1 is 1.21 bits per heavy atom. The molecule has 0 aliphatic rings. The summed E-state index contributed by atoms with van der Waals surface area (Å²) in [5, 5.41) is 1.63. The molecule has 2 rings (SSSR count). The first kappa shape index (κ1) is 14.1. The summed E-state index contributed by atoms with van der Waals surface area (Å²) in [6.07, 6.45) is 1.51. The van der Waals surface area contributed by atoms with E-state index in [1.165, 1.54) is 6.33 Å². The number of rotatable bonds is 4. The number of aromatic nitrogens is 2. The average molecular weight is 295 g/mol. The Morgan fingerprint density at radius 2 is 1.89 bits per heavy atom. The third kappa shape index (κ3) is 3.37. The molecule has 19 heavy (non-hydrogen) atoms. The molecule has 0 saturated heterocycles. The number of hydrogen-bond donors (Lipinski definition) is 2. The number of hydrogen-bond acceptors (Lipinski definition) is 5. The van der Waals surface area contributed by atoms with Crippen molar-refractivity contribution >= 4 is 29.2 Å². The molecule has 3 N–H and O–H groups in total. The van der Waals surface area contributed by atoms with Crippen molar-refractivity contribution in [2.45, 2.75) is 29.7 Å². The van der Waals surface area contributed by atoms with E-state index in [1.54, 1.807) is 11.8 Å². The Kier molecular flexibility index (Phi) is 4.63. The van der Waals surface area contributed by atoms with Gasteiger partial charge in [-0.15, -0.1) is 0 Å². The summed E-state index contributed by atoms with van der Waals surface area (Å²) >= 11 is 7.46. The second kappa shape index (κ2) is 6.23. The molecule has 0 radical (unpaired) electrons. The van der Waals surface area contributed by atoms with Crippen molar-refractivity contribution in [1.82, 2.24) is 9.97 Å². The molecule has 1 aromatic carbocycles. The van der Waals surface area contributed by atoms with Crippen molar-refractivity contribution < 1.29 is 0 Å². The van der Waals surface area contributed by atoms with Crippen LogP contribution in [0.15, 0.2) is 40.5 Å². The Labute approximate surface area is 121 Å². The number of nitrogens with two attached hydrogens (primary N) is 1. The van der Waals surface area contributed by atoms with E-state index in [4.69, 9.17) is 17.4 Å². The first-order valence-electron chi connectivity index (χ1n) is 5.86. The van der Waals surface area contributed by atoms with E-state index in [0.717, 1.165) is 20.5 Å². The monoisotopic (exact) mass is 294 g/mol. The summed E-state index contributed by atoms with van der Waals surface area (Å²) in [5.41, 5.74) is 3.65. The van der Waals surface area contributed by atoms with Crippen LogP contribution in [-0.2, 0) is 0 Å². The molecular formula is C13H15ClN4S. The van der Waals surface area contributed by atoms with Crippen molar-refractivity contribution in [1.29, 1.82) is 0 Å². The van der Waals surface area contributed by atoms with E-state index in [1.807, 2.05) is 24.3 Å². The van der Waals surface area contributed by atoms with Gasteiger partial charge in [0.2, 0.25) is 0 Å². The minimum atomic E-state index is 0.280. The average Bonchev–Trinajstić information content (AvgIpc) is 2.40. The normalized spacial score (nSPS) is 10.8. The number of nitrogens with zero attached hydrogens (tertiary/aromatic N) is 2. The van der Waals surface area contributed by atoms with Gasteiger partial charge in [-0.3, -0.25) is 0 Å². The van der Waals surface area contributed by atoms with Crippen LogP contribution in [0.25, 0.3) is 0 Å². The highest BCUT2D eigenvalue weighted by Crippen LogP contribution is 2.35. The van der Waals surface area contributed by atoms with E-state index in [2.05, 4.69) is 29.2 Å². The molecule has 0 spiro atoms. The predicted molar refractivity (Wildman–Crippen MR) is 79.5 cm³/mol. The van der Waals surface area contributed by atoms with E-state index < -0.39 is 0 Å². The molecule has 0 unspecified atom stereocenters. The lowest BCUT2D eigenvalue weighted by Gasteiger charge is -2.14. The number of hydrazine groups is 1. The van der Waals surface area contributed by atoms with Gasteiger partial charge < -0.3 is 5.43 Å². The third-order valence-corrected chi connectivity index (χ3v) is 3.87. The number of halogens is 1. The van der Waals surface area contributed by atoms with Crippen molar-refractivity contribution in [3.63, 3.8) is 0 Å². The standard InChI is InChI=1S/C13H15ClN4S/c1-8(2)11-12(18-15)16-7-17-13(11)19-10-5-3-9(14)4-6-10/h3-8H,15H2,1-2H3,(H,16,17,18). The lowest BCUT2D eigenvalue weighted by atomic mass is 10.1. The van der Waals surface area contributed by atoms with Gasteiger partial charge in [0.15, 0.2) is 0 Å². The van der Waals surface area contributed by atoms with E-state index in [0.29, 0.717) is 5.82 Å². The van der Waals surface area contributed by atoms with Crippen LogP contribution in [0.2, 0.25) is 5.02 Å². The van der Waals surface area contributed by atoms with Crippen molar-refractivity contribution in [2.24, 2.45) is 5.84 Å². The minimum Gasteiger partial charge on any atom is -0.308 e. The summed E-state index contributed by atoms with van der Waals surface area (Å²) in [5.74, 6) is 6.45. The summed E-state index contributed by atoms with van der Waals surface area (Å²) in [7, 11) is 0. The first-order valence-corrected chi connectivity index (χ1v) is 7.06. The number of anilines is 1. The SMILES string of the molecule is CC(C)c1c(NN)ncnc1Sc1ccc(Cl)cc1. The molecule has 0 aliphatic heterocycles. The van der Waals surface area contributed by atoms with Gasteiger partial charge >= 0.3 is 0 Å². The van der Waals surface area contributed by atoms with Crippen LogP contribution in [0, 0.1) is 0 Å². The summed E-state index contributed by atoms with van der Waals surface area (Å²) < 4.78 is 0. The smallest absolute Gasteiger partial charge is 0.147 e. The molecule has 6 heteroatoms. The number of nitrogens with one attached hydrogen (secondary N) is 1. The van der Waals surface area contributed by atoms with E-state index in [-0.39, 0.29) is 5.92 Å². The molecule has 0 aliphatic carbocycles. The largest absolute Gasteiger partial charge is 0.308 e. The highest BCUT2D eigenvalue weighted by Gasteiger charge is 2.15. The number of benzene rings is 1. The molecule has 0 atom stereocenters. The fourth-order valence-electron chi connectivity index (χ4n) is 1.71. The molecule has 0 amide bonds. The summed E-state index contributed by atoms with van der Waals surface area (Å²) in [4.78, 5) is 9.58. The Hall–Kier alpha value is -1.30. The molecule has 100 valence electrons. The topological polar surface area (TPSA) is 63.8 Å². The molecule has 2 aromatic rings. The van der Waals surface area contributed by atoms with Crippen molar-refractivity contribution in [3.05, 3.63) is 41.2 Å². The maximum atomic E-state index is 5.88. The predicted octanol–water partition coefficient (Wildman–Crippen LogP) is 3.69. The van der Waals surface area contributed by atoms with Crippen LogP contribution in [0.4, 0.5) is 5.82 Å². The van der Waals surface area contributed by atoms with Gasteiger partial charge in [0.1, 0.15) is 17.2 Å². The van der Waals surface area contributed by atoms with Gasteiger partial charge in [-0.05, 0) is 30.2 Å². The van der Waals surface area contributed by atoms with Crippen LogP contribution in [0.1, 0.15) is 25.3 Å². The van der Waals surface area contributed by atoms with Gasteiger partial charge in [0, 0.05) is 15.5 Å². The zero-order valence-electron chi connectivity index (χ0n) is 10.7. The number of nitrogen functional groups attached to an aromatic ring is 1. The van der Waals surface area contributed by atoms with Gasteiger partial charge in [0.25, 0.3) is 0 Å². The van der Waals surface area contributed by atoms with Gasteiger partial charge in [-0.25, -0.2) is 15.8 Å². The Bertz CT molecular complexity index is 557. The quantitative estimate of drug-likeness (QED) is 0.511. The second-order valence-electron chi connectivity index (χ2n) is 4.30. The molecular weight excluding hydrogens is 280 g/mol. The lowest BCUT2D eigenvalue weighted by molar-refractivity contribution is 0.804. The maximum Gasteiger partial charge on any atom is 0.147 e. The van der Waals surface area contributed by atoms with E-state index >= 15 is 0 Å². The molecule has 1 aromatic heterocycles. The van der Waals surface area contributed by atoms with Crippen molar-refractivity contribution in [2.75, 3.05) is 5.43 Å². The molecule has 0 bridgehead atoms. The first-order chi connectivity index (χ1) is 9.11. The fraction of sp³-hybridized carbons (Fsp3) is 0.231. The van der Waals surface area contributed by atoms with E-state index in [9.17, 15) is 0 Å². The van der Waals surface area contributed by atoms with Crippen LogP contribution < -0.4 is 11.3 Å². The lowest BCUT2D eigenvalue weighted by Crippen LogP contribution is -2.13.